The summed E-state index contributed by atoms with van der Waals surface area (Å²) in [6.45, 7) is 4.38. The van der Waals surface area contributed by atoms with E-state index in [-0.39, 0.29) is 12.1 Å². The molecule has 1 aromatic carbocycles. The summed E-state index contributed by atoms with van der Waals surface area (Å²) in [7, 11) is 1.69. The van der Waals surface area contributed by atoms with E-state index in [1.165, 1.54) is 5.69 Å². The molecule has 1 saturated heterocycles. The molecule has 0 aliphatic carbocycles. The molecule has 1 aliphatic rings. The van der Waals surface area contributed by atoms with Crippen molar-refractivity contribution in [3.05, 3.63) is 78.4 Å². The number of pyridine rings is 1. The number of benzene rings is 1. The molecule has 2 atom stereocenters. The Morgan fingerprint density at radius 3 is 2.57 bits per heavy atom. The van der Waals surface area contributed by atoms with Crippen LogP contribution in [0.4, 0.5) is 5.69 Å². The van der Waals surface area contributed by atoms with E-state index in [4.69, 9.17) is 17.0 Å². The molecule has 1 aliphatic heterocycles. The van der Waals surface area contributed by atoms with Crippen molar-refractivity contribution in [2.45, 2.75) is 32.0 Å². The maximum absolute atomic E-state index is 5.79. The fraction of sp³-hybridized carbons (Fsp3) is 0.273. The molecule has 6 heteroatoms. The highest BCUT2D eigenvalue weighted by molar-refractivity contribution is 7.80. The van der Waals surface area contributed by atoms with Crippen molar-refractivity contribution in [2.24, 2.45) is 0 Å². The zero-order valence-corrected chi connectivity index (χ0v) is 17.1. The van der Waals surface area contributed by atoms with Crippen LogP contribution in [0.15, 0.2) is 67.0 Å². The lowest BCUT2D eigenvalue weighted by molar-refractivity contribution is 0.413. The third kappa shape index (κ3) is 3.14. The molecular weight excluding hydrogens is 368 g/mol. The molecule has 3 aromatic rings. The highest BCUT2D eigenvalue weighted by atomic mass is 32.1. The number of hydrogen-bond donors (Lipinski definition) is 1. The molecule has 5 nitrogen and oxygen atoms in total. The predicted octanol–water partition coefficient (Wildman–Crippen LogP) is 4.65. The highest BCUT2D eigenvalue weighted by Crippen LogP contribution is 2.44. The summed E-state index contributed by atoms with van der Waals surface area (Å²) in [6, 6.07) is 18.5. The normalized spacial score (nSPS) is 19.1. The minimum Gasteiger partial charge on any atom is -0.495 e. The zero-order chi connectivity index (χ0) is 19.7. The van der Waals surface area contributed by atoms with Gasteiger partial charge in [-0.3, -0.25) is 4.98 Å². The van der Waals surface area contributed by atoms with Gasteiger partial charge in [-0.1, -0.05) is 18.2 Å². The Balaban J connectivity index is 1.89. The summed E-state index contributed by atoms with van der Waals surface area (Å²) >= 11 is 5.79. The first-order valence-electron chi connectivity index (χ1n) is 9.42. The van der Waals surface area contributed by atoms with Crippen molar-refractivity contribution >= 4 is 23.0 Å². The first kappa shape index (κ1) is 18.5. The van der Waals surface area contributed by atoms with E-state index in [1.54, 1.807) is 7.11 Å². The maximum Gasteiger partial charge on any atom is 0.174 e. The minimum atomic E-state index is -0.0639. The third-order valence-corrected chi connectivity index (χ3v) is 5.43. The Bertz CT molecular complexity index is 969. The van der Waals surface area contributed by atoms with Crippen LogP contribution in [0.1, 0.15) is 43.4 Å². The van der Waals surface area contributed by atoms with E-state index >= 15 is 0 Å². The largest absolute Gasteiger partial charge is 0.495 e. The second-order valence-electron chi connectivity index (χ2n) is 7.10. The summed E-state index contributed by atoms with van der Waals surface area (Å²) in [5, 5.41) is 4.17. The number of methoxy groups -OCH3 is 1. The van der Waals surface area contributed by atoms with E-state index in [0.29, 0.717) is 11.2 Å². The van der Waals surface area contributed by atoms with Gasteiger partial charge < -0.3 is 19.5 Å². The van der Waals surface area contributed by atoms with Crippen LogP contribution in [-0.4, -0.2) is 21.8 Å². The monoisotopic (exact) mass is 392 g/mol. The van der Waals surface area contributed by atoms with E-state index < -0.39 is 0 Å². The van der Waals surface area contributed by atoms with Crippen molar-refractivity contribution < 1.29 is 4.74 Å². The number of para-hydroxylation sites is 2. The van der Waals surface area contributed by atoms with Crippen LogP contribution in [0, 0.1) is 0 Å². The molecule has 3 heterocycles. The Hall–Kier alpha value is -2.86. The Labute approximate surface area is 171 Å². The molecule has 1 fully saturated rings. The van der Waals surface area contributed by atoms with E-state index in [2.05, 4.69) is 51.9 Å². The predicted molar refractivity (Wildman–Crippen MR) is 116 cm³/mol. The quantitative estimate of drug-likeness (QED) is 0.640. The van der Waals surface area contributed by atoms with Gasteiger partial charge in [0.25, 0.3) is 0 Å². The molecule has 4 rings (SSSR count). The number of nitrogens with one attached hydrogen (secondary N) is 1. The van der Waals surface area contributed by atoms with Gasteiger partial charge in [0.2, 0.25) is 0 Å². The second kappa shape index (κ2) is 7.64. The van der Waals surface area contributed by atoms with Crippen LogP contribution >= 0.6 is 12.2 Å². The van der Waals surface area contributed by atoms with Gasteiger partial charge in [0.05, 0.1) is 24.5 Å². The van der Waals surface area contributed by atoms with E-state index in [1.807, 2.05) is 48.7 Å². The average molecular weight is 393 g/mol. The van der Waals surface area contributed by atoms with Gasteiger partial charge in [-0.05, 0) is 62.5 Å². The Morgan fingerprint density at radius 1 is 1.07 bits per heavy atom. The standard InChI is InChI=1S/C22H24N4OS/c1-15(2)25-14-8-11-18(25)21-20(16-9-6-7-13-23-16)24-22(28)26(21)17-10-4-5-12-19(17)27-3/h4-15,20-21H,1-3H3,(H,24,28)/t20-,21-/m1/s1. The first-order chi connectivity index (χ1) is 13.6. The lowest BCUT2D eigenvalue weighted by Gasteiger charge is -2.30. The Morgan fingerprint density at radius 2 is 1.86 bits per heavy atom. The molecule has 28 heavy (non-hydrogen) atoms. The number of rotatable bonds is 5. The van der Waals surface area contributed by atoms with Crippen molar-refractivity contribution in [1.82, 2.24) is 14.9 Å². The van der Waals surface area contributed by atoms with Gasteiger partial charge in [0, 0.05) is 24.1 Å². The van der Waals surface area contributed by atoms with Crippen LogP contribution in [0.5, 0.6) is 5.75 Å². The van der Waals surface area contributed by atoms with Gasteiger partial charge >= 0.3 is 0 Å². The third-order valence-electron chi connectivity index (χ3n) is 5.11. The van der Waals surface area contributed by atoms with Gasteiger partial charge in [-0.2, -0.15) is 0 Å². The Kier molecular flexibility index (Phi) is 5.05. The summed E-state index contributed by atoms with van der Waals surface area (Å²) in [5.41, 5.74) is 3.09. The maximum atomic E-state index is 5.79. The number of ether oxygens (including phenoxy) is 1. The molecule has 0 radical (unpaired) electrons. The smallest absolute Gasteiger partial charge is 0.174 e. The van der Waals surface area contributed by atoms with Crippen LogP contribution in [0.25, 0.3) is 0 Å². The first-order valence-corrected chi connectivity index (χ1v) is 9.83. The van der Waals surface area contributed by atoms with Crippen molar-refractivity contribution in [1.29, 1.82) is 0 Å². The second-order valence-corrected chi connectivity index (χ2v) is 7.49. The van der Waals surface area contributed by atoms with Gasteiger partial charge in [0.15, 0.2) is 5.11 Å². The van der Waals surface area contributed by atoms with E-state index in [0.717, 1.165) is 17.1 Å². The molecule has 144 valence electrons. The zero-order valence-electron chi connectivity index (χ0n) is 16.2. The van der Waals surface area contributed by atoms with Crippen LogP contribution in [0.2, 0.25) is 0 Å². The lowest BCUT2D eigenvalue weighted by atomic mass is 10.0. The lowest BCUT2D eigenvalue weighted by Crippen LogP contribution is -2.31. The number of thiocarbonyl (C=S) groups is 1. The van der Waals surface area contributed by atoms with Gasteiger partial charge in [-0.15, -0.1) is 0 Å². The highest BCUT2D eigenvalue weighted by Gasteiger charge is 2.43. The average Bonchev–Trinajstić information content (AvgIpc) is 3.33. The van der Waals surface area contributed by atoms with Gasteiger partial charge in [0.1, 0.15) is 11.8 Å². The molecule has 0 spiro atoms. The van der Waals surface area contributed by atoms with Crippen LogP contribution < -0.4 is 15.0 Å². The molecule has 0 saturated carbocycles. The molecule has 0 amide bonds. The summed E-state index contributed by atoms with van der Waals surface area (Å²) in [5.74, 6) is 0.793. The number of nitrogens with zero attached hydrogens (tertiary/aromatic N) is 3. The molecular formula is C22H24N4OS. The minimum absolute atomic E-state index is 0.0453. The summed E-state index contributed by atoms with van der Waals surface area (Å²) in [6.07, 6.45) is 3.95. The van der Waals surface area contributed by atoms with E-state index in [9.17, 15) is 0 Å². The van der Waals surface area contributed by atoms with Crippen LogP contribution in [0.3, 0.4) is 0 Å². The fourth-order valence-corrected chi connectivity index (χ4v) is 4.21. The number of hydrogen-bond acceptors (Lipinski definition) is 3. The van der Waals surface area contributed by atoms with Crippen molar-refractivity contribution in [3.63, 3.8) is 0 Å². The van der Waals surface area contributed by atoms with Gasteiger partial charge in [-0.25, -0.2) is 0 Å². The molecule has 0 bridgehead atoms. The van der Waals surface area contributed by atoms with Crippen molar-refractivity contribution in [2.75, 3.05) is 12.0 Å². The SMILES string of the molecule is COc1ccccc1N1C(=S)N[C@H](c2ccccn2)[C@H]1c1cccn1C(C)C. The topological polar surface area (TPSA) is 42.3 Å². The number of anilines is 1. The summed E-state index contributed by atoms with van der Waals surface area (Å²) < 4.78 is 7.93. The van der Waals surface area contributed by atoms with Crippen LogP contribution in [-0.2, 0) is 0 Å². The molecule has 1 N–H and O–H groups in total. The fourth-order valence-electron chi connectivity index (χ4n) is 3.87. The molecule has 2 aromatic heterocycles. The van der Waals surface area contributed by atoms with Crippen molar-refractivity contribution in [3.8, 4) is 5.75 Å². The number of aromatic nitrogens is 2. The summed E-state index contributed by atoms with van der Waals surface area (Å²) in [4.78, 5) is 6.77. The molecule has 0 unspecified atom stereocenters.